The molecule has 2 heterocycles. The Hall–Kier alpha value is -10.2. The van der Waals surface area contributed by atoms with Gasteiger partial charge in [0.25, 0.3) is 0 Å². The maximum atomic E-state index is 2.58. The Balaban J connectivity index is 1.10. The van der Waals surface area contributed by atoms with E-state index in [1.165, 1.54) is 38.9 Å². The highest BCUT2D eigenvalue weighted by atomic mass is 15.2. The van der Waals surface area contributed by atoms with Crippen molar-refractivity contribution in [2.24, 2.45) is 0 Å². The van der Waals surface area contributed by atoms with Crippen LogP contribution >= 0.6 is 0 Å². The third kappa shape index (κ3) is 7.42. The zero-order valence-corrected chi connectivity index (χ0v) is 43.7. The summed E-state index contributed by atoms with van der Waals surface area (Å²) in [4.78, 5) is 7.52. The van der Waals surface area contributed by atoms with Gasteiger partial charge in [-0.05, 0) is 130 Å². The number of nitrogens with zero attached hydrogens (tertiary/aromatic N) is 3. The predicted molar refractivity (Wildman–Crippen MR) is 333 cm³/mol. The van der Waals surface area contributed by atoms with Gasteiger partial charge in [0.1, 0.15) is 0 Å². The van der Waals surface area contributed by atoms with E-state index in [9.17, 15) is 0 Å². The molecule has 2 aliphatic heterocycles. The number of hydrogen-bond donors (Lipinski definition) is 0. The lowest BCUT2D eigenvalue weighted by Gasteiger charge is -2.35. The first kappa shape index (κ1) is 46.1. The van der Waals surface area contributed by atoms with Gasteiger partial charge in [0, 0.05) is 66.4 Å². The summed E-state index contributed by atoms with van der Waals surface area (Å²) in [5.74, 6) is 0. The lowest BCUT2D eigenvalue weighted by Crippen LogP contribution is -2.23. The zero-order valence-electron chi connectivity index (χ0n) is 43.7. The molecule has 0 N–H and O–H groups in total. The van der Waals surface area contributed by atoms with Crippen LogP contribution in [-0.4, -0.2) is 0 Å². The molecule has 3 nitrogen and oxygen atoms in total. The molecule has 13 aromatic carbocycles. The topological polar surface area (TPSA) is 9.72 Å². The van der Waals surface area contributed by atoms with Crippen LogP contribution in [0.4, 0.5) is 51.2 Å². The number of para-hydroxylation sites is 6. The van der Waals surface area contributed by atoms with Gasteiger partial charge < -0.3 is 14.7 Å². The van der Waals surface area contributed by atoms with Gasteiger partial charge in [-0.25, -0.2) is 0 Å². The molecule has 0 radical (unpaired) electrons. The summed E-state index contributed by atoms with van der Waals surface area (Å²) in [5.41, 5.74) is 22.6. The van der Waals surface area contributed by atoms with Crippen molar-refractivity contribution in [3.05, 3.63) is 320 Å². The number of fused-ring (bicyclic) bond motifs is 6. The van der Waals surface area contributed by atoms with Crippen LogP contribution in [0.2, 0.25) is 0 Å². The molecule has 1 unspecified atom stereocenters. The van der Waals surface area contributed by atoms with E-state index in [0.29, 0.717) is 0 Å². The van der Waals surface area contributed by atoms with Gasteiger partial charge in [0.2, 0.25) is 0 Å². The Morgan fingerprint density at radius 2 is 0.722 bits per heavy atom. The summed E-state index contributed by atoms with van der Waals surface area (Å²) in [7, 11) is 0. The van der Waals surface area contributed by atoms with Crippen LogP contribution in [0.3, 0.4) is 0 Å². The molecular weight excluding hydrogens is 955 g/mol. The molecule has 0 fully saturated rings. The lowest BCUT2D eigenvalue weighted by atomic mass is 9.73. The van der Waals surface area contributed by atoms with Crippen LogP contribution in [-0.2, 0) is 5.41 Å². The fourth-order valence-corrected chi connectivity index (χ4v) is 13.0. The lowest BCUT2D eigenvalue weighted by molar-refractivity contribution is 0.715. The first-order chi connectivity index (χ1) is 39.1. The van der Waals surface area contributed by atoms with Gasteiger partial charge in [-0.1, -0.05) is 224 Å². The maximum Gasteiger partial charge on any atom is 0.0620 e. The van der Waals surface area contributed by atoms with Crippen LogP contribution in [0.15, 0.2) is 303 Å². The molecule has 0 aromatic heterocycles. The Bertz CT molecular complexity index is 4430. The van der Waals surface area contributed by atoms with Crippen molar-refractivity contribution in [1.82, 2.24) is 0 Å². The SMILES string of the molecule is CC12c3ccc(cc3)-c3ccccc3N(c3ccccc3)c3ccc(c1c3)-c1cc3c(N(c4ccccc4)c4ccccc4-c4ccccc4)c4ccccc4c(N(c4ccccc4)c4ccccc4-c4ccccc4)c3cc12. The molecule has 3 aliphatic rings. The standard InChI is InChI=1S/C76H53N3/c1-76-55-45-43-54(44-46-55)62-37-19-22-40-71(62)77(56-29-11-4-12-30-56)59-47-48-63(69(76)49-59)66-50-67-68(51-70(66)76)75(79(58-33-15-6-16-34-58)73-42-24-21-36-61(73)53-27-9-3-10-28-53)65-39-18-17-38-64(65)74(67)78(57-31-13-5-14-32-57)72-41-23-20-35-60(72)52-25-7-2-8-26-52/h2-51H,1H3. The molecule has 79 heavy (non-hydrogen) atoms. The van der Waals surface area contributed by atoms with Crippen molar-refractivity contribution in [1.29, 1.82) is 0 Å². The highest BCUT2D eigenvalue weighted by Gasteiger charge is 2.43. The number of rotatable bonds is 9. The molecule has 1 aliphatic carbocycles. The van der Waals surface area contributed by atoms with Crippen molar-refractivity contribution >= 4 is 72.7 Å². The molecule has 3 heteroatoms. The Labute approximate surface area is 461 Å². The summed E-state index contributed by atoms with van der Waals surface area (Å²) in [6.45, 7) is 2.47. The summed E-state index contributed by atoms with van der Waals surface area (Å²) in [5, 5.41) is 4.57. The van der Waals surface area contributed by atoms with Crippen LogP contribution < -0.4 is 14.7 Å². The van der Waals surface area contributed by atoms with E-state index in [2.05, 4.69) is 325 Å². The largest absolute Gasteiger partial charge is 0.310 e. The van der Waals surface area contributed by atoms with Crippen LogP contribution in [0, 0.1) is 0 Å². The molecule has 0 saturated carbocycles. The molecule has 0 amide bonds. The van der Waals surface area contributed by atoms with Crippen molar-refractivity contribution in [3.63, 3.8) is 0 Å². The fraction of sp³-hybridized carbons (Fsp3) is 0.0263. The minimum Gasteiger partial charge on any atom is -0.310 e. The first-order valence-corrected chi connectivity index (χ1v) is 27.3. The summed E-state index contributed by atoms with van der Waals surface area (Å²) in [6.07, 6.45) is 0. The summed E-state index contributed by atoms with van der Waals surface area (Å²) in [6, 6.07) is 112. The molecule has 4 bridgehead atoms. The van der Waals surface area contributed by atoms with E-state index in [1.807, 2.05) is 0 Å². The zero-order chi connectivity index (χ0) is 52.4. The molecule has 0 spiro atoms. The van der Waals surface area contributed by atoms with Gasteiger partial charge in [0.05, 0.1) is 28.4 Å². The molecule has 1 atom stereocenters. The Kier molecular flexibility index (Phi) is 11.0. The monoisotopic (exact) mass is 1010 g/mol. The minimum atomic E-state index is -0.562. The van der Waals surface area contributed by atoms with Gasteiger partial charge in [0.15, 0.2) is 0 Å². The average Bonchev–Trinajstić information content (AvgIpc) is 4.05. The highest BCUT2D eigenvalue weighted by molar-refractivity contribution is 6.25. The van der Waals surface area contributed by atoms with E-state index in [4.69, 9.17) is 0 Å². The van der Waals surface area contributed by atoms with Crippen molar-refractivity contribution in [2.75, 3.05) is 14.7 Å². The highest BCUT2D eigenvalue weighted by Crippen LogP contribution is 2.60. The Morgan fingerprint density at radius 3 is 1.28 bits per heavy atom. The van der Waals surface area contributed by atoms with E-state index < -0.39 is 5.41 Å². The average molecular weight is 1010 g/mol. The molecule has 0 saturated heterocycles. The summed E-state index contributed by atoms with van der Waals surface area (Å²) < 4.78 is 0. The summed E-state index contributed by atoms with van der Waals surface area (Å²) >= 11 is 0. The minimum absolute atomic E-state index is 0.562. The quantitative estimate of drug-likeness (QED) is 0.105. The van der Waals surface area contributed by atoms with E-state index in [0.717, 1.165) is 95.0 Å². The number of anilines is 9. The predicted octanol–water partition coefficient (Wildman–Crippen LogP) is 21.1. The van der Waals surface area contributed by atoms with Crippen molar-refractivity contribution in [3.8, 4) is 44.5 Å². The molecule has 16 rings (SSSR count). The van der Waals surface area contributed by atoms with Gasteiger partial charge in [-0.3, -0.25) is 0 Å². The first-order valence-electron chi connectivity index (χ1n) is 27.3. The molecule has 13 aromatic rings. The van der Waals surface area contributed by atoms with E-state index in [1.54, 1.807) is 0 Å². The normalized spacial score (nSPS) is 13.9. The fourth-order valence-electron chi connectivity index (χ4n) is 13.0. The maximum absolute atomic E-state index is 2.58. The van der Waals surface area contributed by atoms with Gasteiger partial charge >= 0.3 is 0 Å². The number of benzene rings is 13. The molecule has 372 valence electrons. The van der Waals surface area contributed by atoms with Crippen molar-refractivity contribution in [2.45, 2.75) is 12.3 Å². The van der Waals surface area contributed by atoms with E-state index >= 15 is 0 Å². The van der Waals surface area contributed by atoms with Gasteiger partial charge in [-0.15, -0.1) is 0 Å². The van der Waals surface area contributed by atoms with Gasteiger partial charge in [-0.2, -0.15) is 0 Å². The van der Waals surface area contributed by atoms with Crippen LogP contribution in [0.1, 0.15) is 23.6 Å². The third-order valence-electron chi connectivity index (χ3n) is 16.6. The Morgan fingerprint density at radius 1 is 0.291 bits per heavy atom. The molecular formula is C76H53N3. The second-order valence-electron chi connectivity index (χ2n) is 20.9. The second-order valence-corrected chi connectivity index (χ2v) is 20.9. The smallest absolute Gasteiger partial charge is 0.0620 e. The third-order valence-corrected chi connectivity index (χ3v) is 16.6. The van der Waals surface area contributed by atoms with Crippen molar-refractivity contribution < 1.29 is 0 Å². The van der Waals surface area contributed by atoms with Crippen LogP contribution in [0.25, 0.3) is 66.1 Å². The second kappa shape index (κ2) is 18.8. The number of hydrogen-bond acceptors (Lipinski definition) is 3. The van der Waals surface area contributed by atoms with E-state index in [-0.39, 0.29) is 0 Å². The van der Waals surface area contributed by atoms with Crippen LogP contribution in [0.5, 0.6) is 0 Å².